The van der Waals surface area contributed by atoms with Crippen LogP contribution in [0, 0.1) is 0 Å². The molecule has 0 heterocycles. The van der Waals surface area contributed by atoms with Crippen LogP contribution in [0.4, 0.5) is 0 Å². The molecule has 2 rings (SSSR count). The highest BCUT2D eigenvalue weighted by molar-refractivity contribution is 5.99. The van der Waals surface area contributed by atoms with Gasteiger partial charge in [0, 0.05) is 14.2 Å². The van der Waals surface area contributed by atoms with Gasteiger partial charge in [-0.05, 0) is 29.6 Å². The van der Waals surface area contributed by atoms with Gasteiger partial charge >= 0.3 is 5.97 Å². The van der Waals surface area contributed by atoms with Crippen molar-refractivity contribution >= 4 is 5.97 Å². The number of hydrogen-bond donors (Lipinski definition) is 0. The van der Waals surface area contributed by atoms with Crippen LogP contribution in [0.2, 0.25) is 0 Å². The topological polar surface area (TPSA) is 44.8 Å². The molecular weight excluding hydrogens is 280 g/mol. The zero-order valence-electron chi connectivity index (χ0n) is 13.6. The summed E-state index contributed by atoms with van der Waals surface area (Å²) in [7, 11) is 3.16. The van der Waals surface area contributed by atoms with Gasteiger partial charge in [0.15, 0.2) is 6.79 Å². The molecule has 0 amide bonds. The van der Waals surface area contributed by atoms with Crippen molar-refractivity contribution in [1.29, 1.82) is 0 Å². The first kappa shape index (κ1) is 16.7. The molecule has 1 aromatic rings. The third kappa shape index (κ3) is 2.94. The van der Waals surface area contributed by atoms with Crippen molar-refractivity contribution < 1.29 is 19.0 Å². The van der Waals surface area contributed by atoms with Crippen molar-refractivity contribution in [2.45, 2.75) is 31.6 Å². The molecule has 1 atom stereocenters. The first-order valence-electron chi connectivity index (χ1n) is 7.67. The fourth-order valence-corrected chi connectivity index (χ4v) is 3.04. The summed E-state index contributed by atoms with van der Waals surface area (Å²) < 4.78 is 15.5. The Hall–Kier alpha value is -1.65. The number of rotatable bonds is 9. The van der Waals surface area contributed by atoms with Crippen molar-refractivity contribution in [3.8, 4) is 0 Å². The maximum atomic E-state index is 12.7. The van der Waals surface area contributed by atoms with Crippen LogP contribution in [-0.2, 0) is 24.4 Å². The molecule has 0 aliphatic heterocycles. The van der Waals surface area contributed by atoms with Gasteiger partial charge in [-0.1, -0.05) is 43.7 Å². The molecule has 0 bridgehead atoms. The Morgan fingerprint density at radius 1 is 1.09 bits per heavy atom. The highest BCUT2D eigenvalue weighted by atomic mass is 16.7. The van der Waals surface area contributed by atoms with Crippen LogP contribution in [0.25, 0.3) is 0 Å². The average molecular weight is 304 g/mol. The lowest BCUT2D eigenvalue weighted by atomic mass is 9.87. The standard InChI is InChI=1S/C18H24O4/c1-4-5-11-15-16(12-20-2)18(15,17(19)22-13-21-3)14-9-7-6-8-10-14/h6-10H,4-5,11-13H2,1-3H3. The van der Waals surface area contributed by atoms with Crippen molar-refractivity contribution in [2.24, 2.45) is 0 Å². The van der Waals surface area contributed by atoms with Gasteiger partial charge in [-0.2, -0.15) is 0 Å². The predicted octanol–water partition coefficient (Wildman–Crippen LogP) is 3.22. The van der Waals surface area contributed by atoms with Gasteiger partial charge in [0.1, 0.15) is 5.41 Å². The van der Waals surface area contributed by atoms with Crippen LogP contribution in [0.3, 0.4) is 0 Å². The second-order valence-corrected chi connectivity index (χ2v) is 5.45. The van der Waals surface area contributed by atoms with Gasteiger partial charge in [-0.3, -0.25) is 4.79 Å². The van der Waals surface area contributed by atoms with Crippen LogP contribution < -0.4 is 0 Å². The maximum absolute atomic E-state index is 12.7. The number of hydrogen-bond acceptors (Lipinski definition) is 4. The fraction of sp³-hybridized carbons (Fsp3) is 0.500. The third-order valence-electron chi connectivity index (χ3n) is 4.10. The molecule has 4 heteroatoms. The van der Waals surface area contributed by atoms with E-state index >= 15 is 0 Å². The molecular formula is C18H24O4. The zero-order valence-corrected chi connectivity index (χ0v) is 13.6. The van der Waals surface area contributed by atoms with Crippen molar-refractivity contribution in [1.82, 2.24) is 0 Å². The SMILES string of the molecule is CCCCC1=C(COC)C1(C(=O)OCOC)c1ccccc1. The van der Waals surface area contributed by atoms with E-state index in [1.54, 1.807) is 7.11 Å². The van der Waals surface area contributed by atoms with Crippen LogP contribution in [0.15, 0.2) is 41.5 Å². The molecule has 0 saturated carbocycles. The van der Waals surface area contributed by atoms with E-state index < -0.39 is 5.41 Å². The van der Waals surface area contributed by atoms with E-state index in [-0.39, 0.29) is 12.8 Å². The molecule has 0 aromatic heterocycles. The summed E-state index contributed by atoms with van der Waals surface area (Å²) in [5.74, 6) is -0.265. The summed E-state index contributed by atoms with van der Waals surface area (Å²) >= 11 is 0. The molecule has 0 spiro atoms. The second-order valence-electron chi connectivity index (χ2n) is 5.45. The normalized spacial score (nSPS) is 20.1. The van der Waals surface area contributed by atoms with E-state index in [1.165, 1.54) is 7.11 Å². The molecule has 0 fully saturated rings. The number of unbranched alkanes of at least 4 members (excludes halogenated alkanes) is 1. The summed E-state index contributed by atoms with van der Waals surface area (Å²) in [4.78, 5) is 12.7. The lowest BCUT2D eigenvalue weighted by molar-refractivity contribution is -0.156. The number of ether oxygens (including phenoxy) is 3. The smallest absolute Gasteiger partial charge is 0.327 e. The Balaban J connectivity index is 2.33. The van der Waals surface area contributed by atoms with Gasteiger partial charge in [-0.25, -0.2) is 0 Å². The Kier molecular flexibility index (Phi) is 5.75. The van der Waals surface area contributed by atoms with Crippen LogP contribution in [0.1, 0.15) is 31.7 Å². The van der Waals surface area contributed by atoms with E-state index in [0.717, 1.165) is 36.0 Å². The number of carbonyl (C=O) groups is 1. The van der Waals surface area contributed by atoms with Crippen molar-refractivity contribution in [3.63, 3.8) is 0 Å². The number of esters is 1. The Morgan fingerprint density at radius 3 is 2.41 bits per heavy atom. The summed E-state index contributed by atoms with van der Waals surface area (Å²) in [5, 5.41) is 0. The minimum Gasteiger partial charge on any atom is -0.437 e. The molecule has 22 heavy (non-hydrogen) atoms. The van der Waals surface area contributed by atoms with E-state index in [0.29, 0.717) is 6.61 Å². The Morgan fingerprint density at radius 2 is 1.82 bits per heavy atom. The minimum atomic E-state index is -0.745. The van der Waals surface area contributed by atoms with E-state index in [2.05, 4.69) is 6.92 Å². The molecule has 0 N–H and O–H groups in total. The van der Waals surface area contributed by atoms with Gasteiger partial charge in [0.25, 0.3) is 0 Å². The monoisotopic (exact) mass is 304 g/mol. The summed E-state index contributed by atoms with van der Waals surface area (Å²) in [5.41, 5.74) is 2.39. The molecule has 1 unspecified atom stereocenters. The van der Waals surface area contributed by atoms with Gasteiger partial charge < -0.3 is 14.2 Å². The van der Waals surface area contributed by atoms with E-state index in [4.69, 9.17) is 14.2 Å². The highest BCUT2D eigenvalue weighted by Gasteiger charge is 2.60. The summed E-state index contributed by atoms with van der Waals surface area (Å²) in [6.07, 6.45) is 3.03. The highest BCUT2D eigenvalue weighted by Crippen LogP contribution is 2.57. The Bertz CT molecular complexity index is 535. The van der Waals surface area contributed by atoms with Crippen molar-refractivity contribution in [3.05, 3.63) is 47.0 Å². The quantitative estimate of drug-likeness (QED) is 0.399. The molecule has 0 saturated heterocycles. The Labute approximate surface area is 132 Å². The summed E-state index contributed by atoms with van der Waals surface area (Å²) in [6.45, 7) is 2.57. The fourth-order valence-electron chi connectivity index (χ4n) is 3.04. The minimum absolute atomic E-state index is 0.0330. The molecule has 0 radical (unpaired) electrons. The lowest BCUT2D eigenvalue weighted by Crippen LogP contribution is -2.30. The van der Waals surface area contributed by atoms with Crippen LogP contribution in [-0.4, -0.2) is 33.6 Å². The second kappa shape index (κ2) is 7.56. The van der Waals surface area contributed by atoms with E-state index in [1.807, 2.05) is 30.3 Å². The molecule has 1 aliphatic rings. The van der Waals surface area contributed by atoms with Gasteiger partial charge in [0.05, 0.1) is 6.61 Å². The zero-order chi connectivity index (χ0) is 16.0. The number of methoxy groups -OCH3 is 2. The maximum Gasteiger partial charge on any atom is 0.327 e. The third-order valence-corrected chi connectivity index (χ3v) is 4.10. The number of carbonyl (C=O) groups excluding carboxylic acids is 1. The molecule has 4 nitrogen and oxygen atoms in total. The first-order chi connectivity index (χ1) is 10.7. The molecule has 120 valence electrons. The van der Waals surface area contributed by atoms with Gasteiger partial charge in [0.2, 0.25) is 0 Å². The van der Waals surface area contributed by atoms with E-state index in [9.17, 15) is 4.79 Å². The first-order valence-corrected chi connectivity index (χ1v) is 7.67. The largest absolute Gasteiger partial charge is 0.437 e. The van der Waals surface area contributed by atoms with Crippen molar-refractivity contribution in [2.75, 3.05) is 27.6 Å². The number of benzene rings is 1. The molecule has 1 aromatic carbocycles. The molecule has 1 aliphatic carbocycles. The lowest BCUT2D eigenvalue weighted by Gasteiger charge is -2.19. The summed E-state index contributed by atoms with van der Waals surface area (Å²) in [6, 6.07) is 9.79. The average Bonchev–Trinajstić information content (AvgIpc) is 3.20. The van der Waals surface area contributed by atoms with Crippen LogP contribution >= 0.6 is 0 Å². The van der Waals surface area contributed by atoms with Gasteiger partial charge in [-0.15, -0.1) is 0 Å². The predicted molar refractivity (Wildman–Crippen MR) is 84.5 cm³/mol. The van der Waals surface area contributed by atoms with Crippen LogP contribution in [0.5, 0.6) is 0 Å².